The Morgan fingerprint density at radius 3 is 2.42 bits per heavy atom. The minimum Gasteiger partial charge on any atom is -0.330 e. The van der Waals surface area contributed by atoms with Gasteiger partial charge in [-0.25, -0.2) is 0 Å². The second-order valence-corrected chi connectivity index (χ2v) is 6.81. The van der Waals surface area contributed by atoms with E-state index >= 15 is 0 Å². The van der Waals surface area contributed by atoms with Crippen LogP contribution in [0.1, 0.15) is 24.0 Å². The molecule has 6 heteroatoms. The Morgan fingerprint density at radius 2 is 1.89 bits per heavy atom. The van der Waals surface area contributed by atoms with Gasteiger partial charge < -0.3 is 5.73 Å². The van der Waals surface area contributed by atoms with Gasteiger partial charge in [-0.3, -0.25) is 4.21 Å². The molecule has 0 bridgehead atoms. The summed E-state index contributed by atoms with van der Waals surface area (Å²) in [6, 6.07) is 4.42. The molecule has 0 fully saturated rings. The van der Waals surface area contributed by atoms with Gasteiger partial charge in [-0.05, 0) is 61.9 Å². The summed E-state index contributed by atoms with van der Waals surface area (Å²) < 4.78 is 50.0. The Bertz CT molecular complexity index is 535. The van der Waals surface area contributed by atoms with Crippen LogP contribution >= 0.6 is 0 Å². The third kappa shape index (κ3) is 3.98. The highest BCUT2D eigenvalue weighted by Gasteiger charge is 2.40. The molecule has 2 N–H and O–H groups in total. The molecule has 1 aromatic carbocycles. The molecule has 0 saturated carbocycles. The fourth-order valence-corrected chi connectivity index (χ4v) is 2.75. The Hall–Kier alpha value is -1.01. The van der Waals surface area contributed by atoms with Gasteiger partial charge in [-0.15, -0.1) is 0 Å². The SMILES string of the molecule is C=S(=O)(c1cc(C)cc(CCCCN)c1)C(F)(F)F. The molecule has 0 aliphatic rings. The number of rotatable bonds is 5. The molecule has 1 aromatic rings. The van der Waals surface area contributed by atoms with Gasteiger partial charge in [0.25, 0.3) is 0 Å². The van der Waals surface area contributed by atoms with Gasteiger partial charge in [-0.1, -0.05) is 6.07 Å². The molecule has 0 amide bonds. The van der Waals surface area contributed by atoms with E-state index in [1.165, 1.54) is 12.1 Å². The highest BCUT2D eigenvalue weighted by Crippen LogP contribution is 2.31. The van der Waals surface area contributed by atoms with E-state index in [4.69, 9.17) is 5.73 Å². The molecule has 0 saturated heterocycles. The van der Waals surface area contributed by atoms with Crippen molar-refractivity contribution in [2.24, 2.45) is 5.73 Å². The van der Waals surface area contributed by atoms with Gasteiger partial charge in [0.2, 0.25) is 0 Å². The first-order valence-electron chi connectivity index (χ1n) is 5.92. The number of hydrogen-bond donors (Lipinski definition) is 1. The van der Waals surface area contributed by atoms with Gasteiger partial charge in [0.15, 0.2) is 0 Å². The maximum Gasteiger partial charge on any atom is 0.467 e. The zero-order valence-corrected chi connectivity index (χ0v) is 11.6. The molecule has 0 heterocycles. The van der Waals surface area contributed by atoms with Gasteiger partial charge in [0.05, 0.1) is 9.52 Å². The normalized spacial score (nSPS) is 15.2. The lowest BCUT2D eigenvalue weighted by Crippen LogP contribution is -2.23. The Morgan fingerprint density at radius 1 is 1.26 bits per heavy atom. The molecule has 1 atom stereocenters. The number of halogens is 3. The fourth-order valence-electron chi connectivity index (χ4n) is 1.77. The molecular formula is C13H18F3NOS. The Labute approximate surface area is 111 Å². The summed E-state index contributed by atoms with van der Waals surface area (Å²) in [5.41, 5.74) is 1.94. The van der Waals surface area contributed by atoms with E-state index in [2.05, 4.69) is 5.87 Å². The highest BCUT2D eigenvalue weighted by molar-refractivity contribution is 8.01. The lowest BCUT2D eigenvalue weighted by atomic mass is 10.1. The third-order valence-electron chi connectivity index (χ3n) is 2.78. The predicted molar refractivity (Wildman–Crippen MR) is 72.8 cm³/mol. The third-order valence-corrected chi connectivity index (χ3v) is 4.53. The van der Waals surface area contributed by atoms with Crippen molar-refractivity contribution in [3.05, 3.63) is 29.3 Å². The minimum atomic E-state index is -4.82. The van der Waals surface area contributed by atoms with Crippen LogP contribution in [0.2, 0.25) is 0 Å². The lowest BCUT2D eigenvalue weighted by Gasteiger charge is -2.15. The molecule has 0 aromatic heterocycles. The second-order valence-electron chi connectivity index (χ2n) is 4.52. The maximum absolute atomic E-state index is 12.7. The van der Waals surface area contributed by atoms with Crippen LogP contribution < -0.4 is 5.73 Å². The van der Waals surface area contributed by atoms with Crippen molar-refractivity contribution >= 4 is 15.4 Å². The van der Waals surface area contributed by atoms with Crippen molar-refractivity contribution in [1.82, 2.24) is 0 Å². The van der Waals surface area contributed by atoms with E-state index in [1.54, 1.807) is 13.0 Å². The zero-order chi connectivity index (χ0) is 14.7. The van der Waals surface area contributed by atoms with Crippen LogP contribution in [-0.4, -0.2) is 22.1 Å². The van der Waals surface area contributed by atoms with Gasteiger partial charge >= 0.3 is 5.51 Å². The standard InChI is InChI=1S/C13H18F3NOS/c1-10-7-11(5-3-4-6-17)9-12(8-10)19(2,18)13(14,15)16/h7-9H,2-6,17H2,1H3. The maximum atomic E-state index is 12.7. The molecule has 19 heavy (non-hydrogen) atoms. The number of nitrogens with two attached hydrogens (primary N) is 1. The molecule has 0 spiro atoms. The molecular weight excluding hydrogens is 275 g/mol. The average molecular weight is 293 g/mol. The Balaban J connectivity index is 3.10. The van der Waals surface area contributed by atoms with Crippen molar-refractivity contribution < 1.29 is 17.4 Å². The number of alkyl halides is 3. The fraction of sp³-hybridized carbons (Fsp3) is 0.462. The van der Waals surface area contributed by atoms with Crippen molar-refractivity contribution in [1.29, 1.82) is 0 Å². The van der Waals surface area contributed by atoms with Crippen LogP contribution in [0.25, 0.3) is 0 Å². The van der Waals surface area contributed by atoms with Crippen LogP contribution in [-0.2, 0) is 15.9 Å². The lowest BCUT2D eigenvalue weighted by molar-refractivity contribution is -0.0392. The molecule has 0 radical (unpaired) electrons. The smallest absolute Gasteiger partial charge is 0.330 e. The van der Waals surface area contributed by atoms with Crippen LogP contribution in [0.4, 0.5) is 13.2 Å². The summed E-state index contributed by atoms with van der Waals surface area (Å²) in [7, 11) is -4.28. The van der Waals surface area contributed by atoms with Crippen molar-refractivity contribution in [2.75, 3.05) is 6.54 Å². The monoisotopic (exact) mass is 293 g/mol. The molecule has 0 aliphatic carbocycles. The van der Waals surface area contributed by atoms with E-state index in [1.807, 2.05) is 0 Å². The molecule has 108 valence electrons. The largest absolute Gasteiger partial charge is 0.467 e. The predicted octanol–water partition coefficient (Wildman–Crippen LogP) is 2.87. The van der Waals surface area contributed by atoms with Crippen LogP contribution in [0.3, 0.4) is 0 Å². The van der Waals surface area contributed by atoms with Crippen molar-refractivity contribution in [3.8, 4) is 0 Å². The summed E-state index contributed by atoms with van der Waals surface area (Å²) in [5.74, 6) is 2.87. The van der Waals surface area contributed by atoms with E-state index in [0.29, 0.717) is 18.5 Å². The van der Waals surface area contributed by atoms with Crippen LogP contribution in [0.15, 0.2) is 23.1 Å². The summed E-state index contributed by atoms with van der Waals surface area (Å²) in [5, 5.41) is 0. The van der Waals surface area contributed by atoms with Crippen molar-refractivity contribution in [2.45, 2.75) is 36.6 Å². The van der Waals surface area contributed by atoms with Gasteiger partial charge in [0.1, 0.15) is 0 Å². The highest BCUT2D eigenvalue weighted by atomic mass is 32.2. The zero-order valence-electron chi connectivity index (χ0n) is 10.8. The quantitative estimate of drug-likeness (QED) is 0.670. The summed E-state index contributed by atoms with van der Waals surface area (Å²) in [6.07, 6.45) is 2.23. The summed E-state index contributed by atoms with van der Waals surface area (Å²) in [4.78, 5) is -0.247. The number of hydrogen-bond acceptors (Lipinski definition) is 2. The van der Waals surface area contributed by atoms with E-state index in [9.17, 15) is 17.4 Å². The van der Waals surface area contributed by atoms with Crippen LogP contribution in [0, 0.1) is 6.92 Å². The van der Waals surface area contributed by atoms with Gasteiger partial charge in [0, 0.05) is 4.90 Å². The van der Waals surface area contributed by atoms with Gasteiger partial charge in [-0.2, -0.15) is 13.2 Å². The topological polar surface area (TPSA) is 43.1 Å². The second kappa shape index (κ2) is 5.96. The molecule has 0 aliphatic heterocycles. The molecule has 2 nitrogen and oxygen atoms in total. The van der Waals surface area contributed by atoms with Crippen LogP contribution in [0.5, 0.6) is 0 Å². The first kappa shape index (κ1) is 16.0. The van der Waals surface area contributed by atoms with E-state index in [-0.39, 0.29) is 4.90 Å². The number of aryl methyl sites for hydroxylation is 2. The molecule has 1 rings (SSSR count). The first-order valence-corrected chi connectivity index (χ1v) is 7.65. The molecule has 1 unspecified atom stereocenters. The number of benzene rings is 1. The Kier molecular flexibility index (Phi) is 5.04. The van der Waals surface area contributed by atoms with E-state index in [0.717, 1.165) is 18.4 Å². The number of unbranched alkanes of at least 4 members (excludes halogenated alkanes) is 1. The first-order chi connectivity index (χ1) is 8.68. The minimum absolute atomic E-state index is 0.247. The average Bonchev–Trinajstić information content (AvgIpc) is 2.27. The van der Waals surface area contributed by atoms with Crippen molar-refractivity contribution in [3.63, 3.8) is 0 Å². The summed E-state index contributed by atoms with van der Waals surface area (Å²) >= 11 is 0. The summed E-state index contributed by atoms with van der Waals surface area (Å²) in [6.45, 7) is 2.23. The van der Waals surface area contributed by atoms with E-state index < -0.39 is 15.0 Å².